The second-order valence-corrected chi connectivity index (χ2v) is 7.28. The third kappa shape index (κ3) is 3.24. The summed E-state index contributed by atoms with van der Waals surface area (Å²) in [6.45, 7) is 0. The van der Waals surface area contributed by atoms with Gasteiger partial charge < -0.3 is 0 Å². The first-order valence-corrected chi connectivity index (χ1v) is 8.93. The molecule has 0 radical (unpaired) electrons. The number of pyridine rings is 1. The summed E-state index contributed by atoms with van der Waals surface area (Å²) in [6.07, 6.45) is 2.90. The van der Waals surface area contributed by atoms with Crippen LogP contribution >= 0.6 is 0 Å². The maximum Gasteiger partial charge on any atom is 0.255 e. The average molecular weight is 325 g/mol. The first kappa shape index (κ1) is 15.2. The van der Waals surface area contributed by atoms with Crippen molar-refractivity contribution in [3.05, 3.63) is 83.3 Å². The summed E-state index contributed by atoms with van der Waals surface area (Å²) in [5.41, 5.74) is 2.15. The largest absolute Gasteiger partial charge is 0.284 e. The van der Waals surface area contributed by atoms with Crippen molar-refractivity contribution in [2.75, 3.05) is 6.26 Å². The van der Waals surface area contributed by atoms with Gasteiger partial charge >= 0.3 is 0 Å². The summed E-state index contributed by atoms with van der Waals surface area (Å²) in [4.78, 5) is 12.4. The monoisotopic (exact) mass is 325 g/mol. The zero-order valence-corrected chi connectivity index (χ0v) is 13.3. The molecule has 0 saturated carbocycles. The zero-order valence-electron chi connectivity index (χ0n) is 12.5. The van der Waals surface area contributed by atoms with E-state index in [2.05, 4.69) is 0 Å². The Bertz CT molecular complexity index is 1010. The molecule has 2 aromatic carbocycles. The Morgan fingerprint density at radius 1 is 0.826 bits per heavy atom. The van der Waals surface area contributed by atoms with Crippen LogP contribution < -0.4 is 5.56 Å². The fourth-order valence-electron chi connectivity index (χ4n) is 2.35. The minimum Gasteiger partial charge on any atom is -0.284 e. The van der Waals surface area contributed by atoms with E-state index in [4.69, 9.17) is 0 Å². The van der Waals surface area contributed by atoms with Crippen LogP contribution in [-0.4, -0.2) is 19.2 Å². The molecule has 0 spiro atoms. The number of para-hydroxylation sites is 1. The van der Waals surface area contributed by atoms with Gasteiger partial charge in [0, 0.05) is 24.2 Å². The van der Waals surface area contributed by atoms with E-state index in [1.54, 1.807) is 35.0 Å². The van der Waals surface area contributed by atoms with E-state index in [1.807, 2.05) is 36.4 Å². The second kappa shape index (κ2) is 5.85. The van der Waals surface area contributed by atoms with Gasteiger partial charge in [0.1, 0.15) is 0 Å². The molecule has 0 aliphatic heterocycles. The van der Waals surface area contributed by atoms with Crippen molar-refractivity contribution in [3.63, 3.8) is 0 Å². The van der Waals surface area contributed by atoms with Crippen molar-refractivity contribution in [1.82, 2.24) is 4.57 Å². The van der Waals surface area contributed by atoms with Crippen molar-refractivity contribution in [2.24, 2.45) is 0 Å². The quantitative estimate of drug-likeness (QED) is 0.744. The average Bonchev–Trinajstić information content (AvgIpc) is 2.55. The summed E-state index contributed by atoms with van der Waals surface area (Å²) < 4.78 is 25.0. The van der Waals surface area contributed by atoms with E-state index in [0.717, 1.165) is 16.8 Å². The Kier molecular flexibility index (Phi) is 3.88. The molecule has 0 N–H and O–H groups in total. The summed E-state index contributed by atoms with van der Waals surface area (Å²) in [5, 5.41) is 0. The van der Waals surface area contributed by atoms with Crippen LogP contribution in [0.2, 0.25) is 0 Å². The fraction of sp³-hybridized carbons (Fsp3) is 0.0556. The van der Waals surface area contributed by atoms with Crippen molar-refractivity contribution in [2.45, 2.75) is 4.90 Å². The van der Waals surface area contributed by atoms with Gasteiger partial charge in [-0.25, -0.2) is 8.42 Å². The lowest BCUT2D eigenvalue weighted by Crippen LogP contribution is -2.16. The highest BCUT2D eigenvalue weighted by Crippen LogP contribution is 2.22. The van der Waals surface area contributed by atoms with Gasteiger partial charge in [0.25, 0.3) is 5.56 Å². The fourth-order valence-corrected chi connectivity index (χ4v) is 3.02. The van der Waals surface area contributed by atoms with Crippen LogP contribution in [0, 0.1) is 0 Å². The minimum atomic E-state index is -3.27. The Morgan fingerprint density at radius 2 is 1.57 bits per heavy atom. The van der Waals surface area contributed by atoms with Crippen molar-refractivity contribution >= 4 is 9.84 Å². The first-order valence-electron chi connectivity index (χ1n) is 7.04. The molecule has 23 heavy (non-hydrogen) atoms. The lowest BCUT2D eigenvalue weighted by molar-refractivity contribution is 0.602. The molecule has 1 aromatic heterocycles. The molecule has 0 atom stereocenters. The second-order valence-electron chi connectivity index (χ2n) is 5.26. The predicted octanol–water partition coefficient (Wildman–Crippen LogP) is 2.91. The van der Waals surface area contributed by atoms with E-state index in [0.29, 0.717) is 0 Å². The molecule has 0 saturated heterocycles. The molecule has 0 aliphatic carbocycles. The Labute approximate surface area is 134 Å². The molecule has 0 unspecified atom stereocenters. The number of nitrogens with zero attached hydrogens (tertiary/aromatic N) is 1. The molecular weight excluding hydrogens is 310 g/mol. The van der Waals surface area contributed by atoms with Crippen molar-refractivity contribution < 1.29 is 8.42 Å². The van der Waals surface area contributed by atoms with Gasteiger partial charge in [-0.1, -0.05) is 30.3 Å². The summed E-state index contributed by atoms with van der Waals surface area (Å²) in [6, 6.07) is 19.2. The van der Waals surface area contributed by atoms with Crippen LogP contribution in [0.15, 0.2) is 82.6 Å². The molecule has 5 heteroatoms. The molecule has 116 valence electrons. The van der Waals surface area contributed by atoms with Gasteiger partial charge in [-0.15, -0.1) is 0 Å². The van der Waals surface area contributed by atoms with Crippen LogP contribution in [0.4, 0.5) is 0 Å². The number of sulfone groups is 1. The van der Waals surface area contributed by atoms with Crippen molar-refractivity contribution in [1.29, 1.82) is 0 Å². The Hall–Kier alpha value is -2.66. The van der Waals surface area contributed by atoms with Gasteiger partial charge in [0.15, 0.2) is 9.84 Å². The molecule has 0 aliphatic rings. The maximum absolute atomic E-state index is 12.1. The third-order valence-corrected chi connectivity index (χ3v) is 4.65. The minimum absolute atomic E-state index is 0.140. The summed E-state index contributed by atoms with van der Waals surface area (Å²) in [7, 11) is -3.27. The Morgan fingerprint density at radius 3 is 2.26 bits per heavy atom. The first-order chi connectivity index (χ1) is 10.9. The zero-order chi connectivity index (χ0) is 16.4. The molecule has 3 rings (SSSR count). The molecule has 1 heterocycles. The number of hydrogen-bond acceptors (Lipinski definition) is 3. The van der Waals surface area contributed by atoms with Gasteiger partial charge in [-0.3, -0.25) is 9.36 Å². The normalized spacial score (nSPS) is 11.3. The van der Waals surface area contributed by atoms with Crippen LogP contribution in [0.3, 0.4) is 0 Å². The van der Waals surface area contributed by atoms with Crippen LogP contribution in [-0.2, 0) is 9.84 Å². The highest BCUT2D eigenvalue weighted by Gasteiger charge is 2.09. The molecule has 0 amide bonds. The van der Waals surface area contributed by atoms with E-state index in [9.17, 15) is 13.2 Å². The predicted molar refractivity (Wildman–Crippen MR) is 90.6 cm³/mol. The highest BCUT2D eigenvalue weighted by molar-refractivity contribution is 7.90. The van der Waals surface area contributed by atoms with E-state index in [-0.39, 0.29) is 10.5 Å². The number of hydrogen-bond donors (Lipinski definition) is 0. The van der Waals surface area contributed by atoms with E-state index in [1.165, 1.54) is 12.3 Å². The van der Waals surface area contributed by atoms with Crippen LogP contribution in [0.5, 0.6) is 0 Å². The molecule has 0 bridgehead atoms. The smallest absolute Gasteiger partial charge is 0.255 e. The molecule has 0 fully saturated rings. The highest BCUT2D eigenvalue weighted by atomic mass is 32.2. The lowest BCUT2D eigenvalue weighted by Gasteiger charge is -2.09. The number of aromatic nitrogens is 1. The topological polar surface area (TPSA) is 56.1 Å². The maximum atomic E-state index is 12.1. The summed E-state index contributed by atoms with van der Waals surface area (Å²) in [5.74, 6) is 0. The molecule has 3 aromatic rings. The van der Waals surface area contributed by atoms with Gasteiger partial charge in [0.2, 0.25) is 0 Å². The van der Waals surface area contributed by atoms with Crippen LogP contribution in [0.1, 0.15) is 0 Å². The number of rotatable bonds is 3. The SMILES string of the molecule is CS(=O)(=O)c1cccc(-c2ccc(=O)n(-c3ccccc3)c2)c1. The standard InChI is InChI=1S/C18H15NO3S/c1-23(21,22)17-9-5-6-14(12-17)15-10-11-18(20)19(13-15)16-7-3-2-4-8-16/h2-13H,1H3. The third-order valence-electron chi connectivity index (χ3n) is 3.54. The van der Waals surface area contributed by atoms with Gasteiger partial charge in [0.05, 0.1) is 4.90 Å². The van der Waals surface area contributed by atoms with Gasteiger partial charge in [-0.2, -0.15) is 0 Å². The summed E-state index contributed by atoms with van der Waals surface area (Å²) >= 11 is 0. The van der Waals surface area contributed by atoms with Crippen LogP contribution in [0.25, 0.3) is 16.8 Å². The van der Waals surface area contributed by atoms with Crippen molar-refractivity contribution in [3.8, 4) is 16.8 Å². The molecule has 4 nitrogen and oxygen atoms in total. The Balaban J connectivity index is 2.14. The number of benzene rings is 2. The van der Waals surface area contributed by atoms with Gasteiger partial charge in [-0.05, 0) is 41.5 Å². The molecular formula is C18H15NO3S. The lowest BCUT2D eigenvalue weighted by atomic mass is 10.1. The van der Waals surface area contributed by atoms with E-state index < -0.39 is 9.84 Å². The van der Waals surface area contributed by atoms with E-state index >= 15 is 0 Å².